The van der Waals surface area contributed by atoms with E-state index in [0.29, 0.717) is 6.04 Å². The number of likely N-dealkylation sites (N-methyl/N-ethyl adjacent to an activating group) is 1. The molecule has 2 rings (SSSR count). The summed E-state index contributed by atoms with van der Waals surface area (Å²) in [5.74, 6) is 0. The molecule has 1 aromatic carbocycles. The van der Waals surface area contributed by atoms with Gasteiger partial charge in [0.1, 0.15) is 0 Å². The van der Waals surface area contributed by atoms with Gasteiger partial charge < -0.3 is 10.6 Å². The Bertz CT molecular complexity index is 395. The van der Waals surface area contributed by atoms with Gasteiger partial charge in [0.25, 0.3) is 0 Å². The number of benzene rings is 1. The maximum atomic E-state index is 6.30. The molecule has 3 heteroatoms. The van der Waals surface area contributed by atoms with E-state index in [9.17, 15) is 0 Å². The molecule has 100 valence electrons. The first kappa shape index (κ1) is 13.9. The van der Waals surface area contributed by atoms with Gasteiger partial charge in [-0.3, -0.25) is 0 Å². The molecule has 0 aromatic heterocycles. The molecule has 2 nitrogen and oxygen atoms in total. The van der Waals surface area contributed by atoms with Crippen LogP contribution >= 0.6 is 11.6 Å². The zero-order chi connectivity index (χ0) is 13.2. The van der Waals surface area contributed by atoms with E-state index in [1.54, 1.807) is 0 Å². The molecule has 0 aliphatic heterocycles. The van der Waals surface area contributed by atoms with E-state index in [0.717, 1.165) is 37.1 Å². The van der Waals surface area contributed by atoms with Gasteiger partial charge in [0.15, 0.2) is 0 Å². The van der Waals surface area contributed by atoms with Crippen molar-refractivity contribution in [2.24, 2.45) is 5.73 Å². The number of halogens is 1. The van der Waals surface area contributed by atoms with Gasteiger partial charge >= 0.3 is 0 Å². The molecule has 1 saturated carbocycles. The highest BCUT2D eigenvalue weighted by Crippen LogP contribution is 2.36. The van der Waals surface area contributed by atoms with Gasteiger partial charge in [-0.05, 0) is 57.8 Å². The van der Waals surface area contributed by atoms with Crippen molar-refractivity contribution in [3.8, 4) is 0 Å². The molecule has 0 amide bonds. The fourth-order valence-electron chi connectivity index (χ4n) is 2.96. The van der Waals surface area contributed by atoms with Crippen molar-refractivity contribution in [3.63, 3.8) is 0 Å². The molecule has 1 aliphatic carbocycles. The van der Waals surface area contributed by atoms with Crippen LogP contribution in [-0.2, 0) is 6.42 Å². The zero-order valence-electron chi connectivity index (χ0n) is 11.3. The minimum Gasteiger partial charge on any atom is -0.328 e. The summed E-state index contributed by atoms with van der Waals surface area (Å²) >= 11 is 6.30. The molecule has 0 bridgehead atoms. The highest BCUT2D eigenvalue weighted by Gasteiger charge is 2.36. The largest absolute Gasteiger partial charge is 0.328 e. The Morgan fingerprint density at radius 2 is 1.89 bits per heavy atom. The van der Waals surface area contributed by atoms with Gasteiger partial charge in [0.2, 0.25) is 0 Å². The summed E-state index contributed by atoms with van der Waals surface area (Å²) in [5.41, 5.74) is 7.51. The first-order valence-corrected chi connectivity index (χ1v) is 7.08. The lowest BCUT2D eigenvalue weighted by Gasteiger charge is -2.45. The van der Waals surface area contributed by atoms with Crippen LogP contribution in [0.4, 0.5) is 0 Å². The maximum absolute atomic E-state index is 6.30. The summed E-state index contributed by atoms with van der Waals surface area (Å²) < 4.78 is 0. The third kappa shape index (κ3) is 2.87. The molecule has 0 heterocycles. The second kappa shape index (κ2) is 5.60. The predicted octanol–water partition coefficient (Wildman–Crippen LogP) is 3.08. The Morgan fingerprint density at radius 3 is 2.44 bits per heavy atom. The van der Waals surface area contributed by atoms with Gasteiger partial charge in [-0.1, -0.05) is 29.8 Å². The standard InChI is InChI=1S/C15H23ClN2/c1-18(2)15(9-7-13(17)8-10-15)11-12-5-3-4-6-14(12)16/h3-6,13H,7-11,17H2,1-2H3. The molecule has 0 atom stereocenters. The number of hydrogen-bond donors (Lipinski definition) is 1. The van der Waals surface area contributed by atoms with E-state index in [-0.39, 0.29) is 5.54 Å². The number of nitrogens with zero attached hydrogens (tertiary/aromatic N) is 1. The van der Waals surface area contributed by atoms with Crippen LogP contribution < -0.4 is 5.73 Å². The number of nitrogens with two attached hydrogens (primary N) is 1. The number of rotatable bonds is 3. The monoisotopic (exact) mass is 266 g/mol. The molecular formula is C15H23ClN2. The van der Waals surface area contributed by atoms with Crippen molar-refractivity contribution in [3.05, 3.63) is 34.9 Å². The molecule has 1 aliphatic rings. The van der Waals surface area contributed by atoms with Crippen LogP contribution in [0.2, 0.25) is 5.02 Å². The SMILES string of the molecule is CN(C)C1(Cc2ccccc2Cl)CCC(N)CC1. The quantitative estimate of drug-likeness (QED) is 0.911. The third-order valence-corrected chi connectivity index (χ3v) is 4.76. The van der Waals surface area contributed by atoms with Crippen molar-refractivity contribution < 1.29 is 0 Å². The van der Waals surface area contributed by atoms with Gasteiger partial charge in [-0.2, -0.15) is 0 Å². The van der Waals surface area contributed by atoms with E-state index in [1.165, 1.54) is 5.56 Å². The summed E-state index contributed by atoms with van der Waals surface area (Å²) in [6.45, 7) is 0. The number of hydrogen-bond acceptors (Lipinski definition) is 2. The summed E-state index contributed by atoms with van der Waals surface area (Å²) in [6, 6.07) is 8.56. The second-order valence-corrected chi connectivity index (χ2v) is 6.13. The van der Waals surface area contributed by atoms with E-state index < -0.39 is 0 Å². The van der Waals surface area contributed by atoms with E-state index in [1.807, 2.05) is 12.1 Å². The van der Waals surface area contributed by atoms with Crippen LogP contribution in [0.1, 0.15) is 31.2 Å². The van der Waals surface area contributed by atoms with Crippen molar-refractivity contribution >= 4 is 11.6 Å². The van der Waals surface area contributed by atoms with Crippen LogP contribution in [0.3, 0.4) is 0 Å². The first-order valence-electron chi connectivity index (χ1n) is 6.70. The third-order valence-electron chi connectivity index (χ3n) is 4.39. The summed E-state index contributed by atoms with van der Waals surface area (Å²) in [7, 11) is 4.35. The molecular weight excluding hydrogens is 244 g/mol. The van der Waals surface area contributed by atoms with Crippen molar-refractivity contribution in [2.45, 2.75) is 43.7 Å². The van der Waals surface area contributed by atoms with Crippen LogP contribution in [0.25, 0.3) is 0 Å². The second-order valence-electron chi connectivity index (χ2n) is 5.72. The Balaban J connectivity index is 2.19. The van der Waals surface area contributed by atoms with Crippen LogP contribution in [0.15, 0.2) is 24.3 Å². The highest BCUT2D eigenvalue weighted by molar-refractivity contribution is 6.31. The Labute approximate surface area is 115 Å². The Morgan fingerprint density at radius 1 is 1.28 bits per heavy atom. The van der Waals surface area contributed by atoms with Crippen LogP contribution in [0.5, 0.6) is 0 Å². The van der Waals surface area contributed by atoms with Gasteiger partial charge in [-0.15, -0.1) is 0 Å². The minimum atomic E-state index is 0.223. The fourth-order valence-corrected chi connectivity index (χ4v) is 3.16. The van der Waals surface area contributed by atoms with E-state index in [2.05, 4.69) is 31.1 Å². The average Bonchev–Trinajstić information content (AvgIpc) is 2.35. The molecule has 18 heavy (non-hydrogen) atoms. The average molecular weight is 267 g/mol. The predicted molar refractivity (Wildman–Crippen MR) is 78.0 cm³/mol. The molecule has 0 radical (unpaired) electrons. The lowest BCUT2D eigenvalue weighted by molar-refractivity contribution is 0.0934. The maximum Gasteiger partial charge on any atom is 0.0438 e. The van der Waals surface area contributed by atoms with Crippen molar-refractivity contribution in [1.29, 1.82) is 0 Å². The molecule has 0 saturated heterocycles. The van der Waals surface area contributed by atoms with Gasteiger partial charge in [0, 0.05) is 16.6 Å². The van der Waals surface area contributed by atoms with Crippen molar-refractivity contribution in [2.75, 3.05) is 14.1 Å². The molecule has 2 N–H and O–H groups in total. The molecule has 1 fully saturated rings. The van der Waals surface area contributed by atoms with Crippen LogP contribution in [0, 0.1) is 0 Å². The van der Waals surface area contributed by atoms with Gasteiger partial charge in [0.05, 0.1) is 0 Å². The fraction of sp³-hybridized carbons (Fsp3) is 0.600. The van der Waals surface area contributed by atoms with E-state index in [4.69, 9.17) is 17.3 Å². The topological polar surface area (TPSA) is 29.3 Å². The normalized spacial score (nSPS) is 28.6. The Hall–Kier alpha value is -0.570. The van der Waals surface area contributed by atoms with Gasteiger partial charge in [-0.25, -0.2) is 0 Å². The lowest BCUT2D eigenvalue weighted by atomic mass is 9.75. The summed E-state index contributed by atoms with van der Waals surface area (Å²) in [4.78, 5) is 2.36. The minimum absolute atomic E-state index is 0.223. The highest BCUT2D eigenvalue weighted by atomic mass is 35.5. The van der Waals surface area contributed by atoms with Crippen LogP contribution in [-0.4, -0.2) is 30.6 Å². The smallest absolute Gasteiger partial charge is 0.0438 e. The molecule has 0 spiro atoms. The Kier molecular flexibility index (Phi) is 4.31. The lowest BCUT2D eigenvalue weighted by Crippen LogP contribution is -2.50. The molecule has 1 aromatic rings. The summed E-state index contributed by atoms with van der Waals surface area (Å²) in [6.07, 6.45) is 5.57. The van der Waals surface area contributed by atoms with E-state index >= 15 is 0 Å². The van der Waals surface area contributed by atoms with Crippen molar-refractivity contribution in [1.82, 2.24) is 4.90 Å². The molecule has 0 unspecified atom stereocenters. The zero-order valence-corrected chi connectivity index (χ0v) is 12.1. The summed E-state index contributed by atoms with van der Waals surface area (Å²) in [5, 5.41) is 0.883. The first-order chi connectivity index (χ1) is 8.53.